The smallest absolute Gasteiger partial charge is 0.326 e. The van der Waals surface area contributed by atoms with E-state index in [-0.39, 0.29) is 11.6 Å². The van der Waals surface area contributed by atoms with Crippen LogP contribution in [0, 0.1) is 6.92 Å². The molecule has 0 radical (unpaired) electrons. The van der Waals surface area contributed by atoms with E-state index in [0.717, 1.165) is 0 Å². The lowest BCUT2D eigenvalue weighted by Gasteiger charge is -1.97. The highest BCUT2D eigenvalue weighted by Crippen LogP contribution is 1.99. The molecule has 1 rings (SSSR count). The Kier molecular flexibility index (Phi) is 2.03. The van der Waals surface area contributed by atoms with Crippen LogP contribution in [0.3, 0.4) is 0 Å². The number of carbonyl (C=O) groups is 1. The zero-order valence-corrected chi connectivity index (χ0v) is 7.26. The highest BCUT2D eigenvalue weighted by molar-refractivity contribution is 5.93. The number of carbonyl (C=O) groups excluding carboxylic acids is 1. The number of aromatic nitrogens is 2. The Morgan fingerprint density at radius 2 is 2.17 bits per heavy atom. The summed E-state index contributed by atoms with van der Waals surface area (Å²) >= 11 is 0. The predicted octanol–water partition coefficient (Wildman–Crippen LogP) is -0.619. The number of rotatable bonds is 1. The van der Waals surface area contributed by atoms with Gasteiger partial charge < -0.3 is 10.3 Å². The summed E-state index contributed by atoms with van der Waals surface area (Å²) in [5.41, 5.74) is 0.690. The van der Waals surface area contributed by atoms with Crippen LogP contribution in [0.25, 0.3) is 0 Å². The first-order valence-electron chi connectivity index (χ1n) is 3.55. The standard InChI is InChI=1S/C7H11N3O2/c1-4-5(6(11)8-2)9-7(12)10(4)3/h1-3H3,(H,8,11)(H,9,12). The highest BCUT2D eigenvalue weighted by Gasteiger charge is 2.12. The molecule has 5 nitrogen and oxygen atoms in total. The van der Waals surface area contributed by atoms with Crippen molar-refractivity contribution >= 4 is 5.91 Å². The molecule has 1 heterocycles. The molecule has 0 atom stereocenters. The first-order valence-corrected chi connectivity index (χ1v) is 3.55. The minimum atomic E-state index is -0.273. The van der Waals surface area contributed by atoms with Gasteiger partial charge in [-0.2, -0.15) is 0 Å². The molecule has 1 amide bonds. The second kappa shape index (κ2) is 2.84. The van der Waals surface area contributed by atoms with E-state index in [2.05, 4.69) is 10.3 Å². The van der Waals surface area contributed by atoms with Gasteiger partial charge in [-0.05, 0) is 6.92 Å². The molecule has 5 heteroatoms. The number of nitrogens with one attached hydrogen (secondary N) is 2. The van der Waals surface area contributed by atoms with Crippen molar-refractivity contribution in [1.29, 1.82) is 0 Å². The van der Waals surface area contributed by atoms with E-state index in [4.69, 9.17) is 0 Å². The largest absolute Gasteiger partial charge is 0.354 e. The molecule has 0 aliphatic rings. The van der Waals surface area contributed by atoms with Crippen molar-refractivity contribution in [2.24, 2.45) is 7.05 Å². The fourth-order valence-corrected chi connectivity index (χ4v) is 0.947. The van der Waals surface area contributed by atoms with Gasteiger partial charge in [-0.3, -0.25) is 9.36 Å². The van der Waals surface area contributed by atoms with Gasteiger partial charge in [0.1, 0.15) is 5.69 Å². The SMILES string of the molecule is CNC(=O)c1[nH]c(=O)n(C)c1C. The van der Waals surface area contributed by atoms with E-state index in [9.17, 15) is 9.59 Å². The fourth-order valence-electron chi connectivity index (χ4n) is 0.947. The number of aromatic amines is 1. The van der Waals surface area contributed by atoms with Gasteiger partial charge in [-0.25, -0.2) is 4.79 Å². The summed E-state index contributed by atoms with van der Waals surface area (Å²) in [7, 11) is 3.13. The van der Waals surface area contributed by atoms with Crippen molar-refractivity contribution in [1.82, 2.24) is 14.9 Å². The highest BCUT2D eigenvalue weighted by atomic mass is 16.2. The maximum absolute atomic E-state index is 11.1. The van der Waals surface area contributed by atoms with Gasteiger partial charge in [0.05, 0.1) is 0 Å². The van der Waals surface area contributed by atoms with Crippen LogP contribution in [0.1, 0.15) is 16.2 Å². The maximum atomic E-state index is 11.1. The summed E-state index contributed by atoms with van der Waals surface area (Å²) in [4.78, 5) is 24.6. The molecule has 0 aliphatic heterocycles. The predicted molar refractivity (Wildman–Crippen MR) is 44.2 cm³/mol. The van der Waals surface area contributed by atoms with Gasteiger partial charge >= 0.3 is 5.69 Å². The summed E-state index contributed by atoms with van der Waals surface area (Å²) in [5, 5.41) is 2.44. The number of imidazole rings is 1. The van der Waals surface area contributed by atoms with Crippen molar-refractivity contribution < 1.29 is 4.79 Å². The summed E-state index contributed by atoms with van der Waals surface area (Å²) in [6, 6.07) is 0. The third kappa shape index (κ3) is 1.13. The Bertz CT molecular complexity index is 361. The third-order valence-corrected chi connectivity index (χ3v) is 1.86. The van der Waals surface area contributed by atoms with Gasteiger partial charge in [0, 0.05) is 19.8 Å². The van der Waals surface area contributed by atoms with Gasteiger partial charge in [0.25, 0.3) is 5.91 Å². The second-order valence-corrected chi connectivity index (χ2v) is 2.53. The summed E-state index contributed by atoms with van der Waals surface area (Å²) in [6.45, 7) is 1.71. The normalized spacial score (nSPS) is 9.92. The molecule has 0 aromatic carbocycles. The van der Waals surface area contributed by atoms with Crippen LogP contribution < -0.4 is 11.0 Å². The van der Waals surface area contributed by atoms with Gasteiger partial charge in [0.2, 0.25) is 0 Å². The summed E-state index contributed by atoms with van der Waals surface area (Å²) in [5.74, 6) is -0.273. The van der Waals surface area contributed by atoms with Crippen LogP contribution in [0.4, 0.5) is 0 Å². The van der Waals surface area contributed by atoms with Gasteiger partial charge in [-0.15, -0.1) is 0 Å². The maximum Gasteiger partial charge on any atom is 0.326 e. The van der Waals surface area contributed by atoms with Crippen LogP contribution in [-0.2, 0) is 7.05 Å². The van der Waals surface area contributed by atoms with Crippen molar-refractivity contribution in [2.75, 3.05) is 7.05 Å². The molecule has 66 valence electrons. The average molecular weight is 169 g/mol. The second-order valence-electron chi connectivity index (χ2n) is 2.53. The Balaban J connectivity index is 3.27. The lowest BCUT2D eigenvalue weighted by molar-refractivity contribution is 0.0958. The van der Waals surface area contributed by atoms with E-state index >= 15 is 0 Å². The zero-order valence-electron chi connectivity index (χ0n) is 7.26. The van der Waals surface area contributed by atoms with E-state index < -0.39 is 0 Å². The van der Waals surface area contributed by atoms with Crippen molar-refractivity contribution in [3.8, 4) is 0 Å². The van der Waals surface area contributed by atoms with Crippen LogP contribution in [0.15, 0.2) is 4.79 Å². The molecule has 1 aromatic heterocycles. The van der Waals surface area contributed by atoms with E-state index in [1.54, 1.807) is 14.0 Å². The van der Waals surface area contributed by atoms with Crippen molar-refractivity contribution in [3.05, 3.63) is 21.9 Å². The molecule has 0 unspecified atom stereocenters. The fraction of sp³-hybridized carbons (Fsp3) is 0.429. The first-order chi connectivity index (χ1) is 5.57. The Morgan fingerprint density at radius 1 is 1.58 bits per heavy atom. The summed E-state index contributed by atoms with van der Waals surface area (Å²) < 4.78 is 1.39. The molecule has 0 fully saturated rings. The number of amides is 1. The minimum Gasteiger partial charge on any atom is -0.354 e. The van der Waals surface area contributed by atoms with Gasteiger partial charge in [0.15, 0.2) is 0 Å². The molecule has 0 saturated carbocycles. The Hall–Kier alpha value is -1.52. The van der Waals surface area contributed by atoms with E-state index in [0.29, 0.717) is 11.4 Å². The molecule has 1 aromatic rings. The third-order valence-electron chi connectivity index (χ3n) is 1.86. The van der Waals surface area contributed by atoms with Crippen LogP contribution in [-0.4, -0.2) is 22.5 Å². The first kappa shape index (κ1) is 8.58. The Labute approximate surface area is 69.4 Å². The van der Waals surface area contributed by atoms with Crippen LogP contribution in [0.5, 0.6) is 0 Å². The van der Waals surface area contributed by atoms with E-state index in [1.807, 2.05) is 0 Å². The lowest BCUT2D eigenvalue weighted by atomic mass is 10.3. The monoisotopic (exact) mass is 169 g/mol. The number of hydrogen-bond acceptors (Lipinski definition) is 2. The molecule has 12 heavy (non-hydrogen) atoms. The molecular formula is C7H11N3O2. The van der Waals surface area contributed by atoms with Gasteiger partial charge in [-0.1, -0.05) is 0 Å². The number of H-pyrrole nitrogens is 1. The van der Waals surface area contributed by atoms with Crippen molar-refractivity contribution in [2.45, 2.75) is 6.92 Å². The zero-order chi connectivity index (χ0) is 9.30. The molecule has 0 saturated heterocycles. The summed E-state index contributed by atoms with van der Waals surface area (Å²) in [6.07, 6.45) is 0. The molecule has 0 aliphatic carbocycles. The molecule has 2 N–H and O–H groups in total. The average Bonchev–Trinajstić information content (AvgIpc) is 2.32. The van der Waals surface area contributed by atoms with Crippen molar-refractivity contribution in [3.63, 3.8) is 0 Å². The quantitative estimate of drug-likeness (QED) is 0.588. The topological polar surface area (TPSA) is 66.9 Å². The van der Waals surface area contributed by atoms with E-state index in [1.165, 1.54) is 11.6 Å². The number of hydrogen-bond donors (Lipinski definition) is 2. The minimum absolute atomic E-state index is 0.272. The Morgan fingerprint density at radius 3 is 2.50 bits per heavy atom. The van der Waals surface area contributed by atoms with Crippen LogP contribution in [0.2, 0.25) is 0 Å². The van der Waals surface area contributed by atoms with Crippen LogP contribution >= 0.6 is 0 Å². The molecule has 0 bridgehead atoms. The molecule has 0 spiro atoms. The lowest BCUT2D eigenvalue weighted by Crippen LogP contribution is -2.19. The number of nitrogens with zero attached hydrogens (tertiary/aromatic N) is 1. The molecular weight excluding hydrogens is 158 g/mol.